The zero-order valence-electron chi connectivity index (χ0n) is 12.3. The van der Waals surface area contributed by atoms with Crippen LogP contribution < -0.4 is 4.90 Å². The minimum absolute atomic E-state index is 0.0427. The summed E-state index contributed by atoms with van der Waals surface area (Å²) in [4.78, 5) is 28.8. The quantitative estimate of drug-likeness (QED) is 0.820. The molecule has 7 nitrogen and oxygen atoms in total. The molecule has 1 saturated heterocycles. The molecule has 0 radical (unpaired) electrons. The van der Waals surface area contributed by atoms with Gasteiger partial charge in [0.2, 0.25) is 5.01 Å². The van der Waals surface area contributed by atoms with Crippen LogP contribution in [0.4, 0.5) is 23.0 Å². The number of halogens is 3. The number of carbonyl (C=O) groups is 2. The number of hydrogen-bond acceptors (Lipinski definition) is 6. The van der Waals surface area contributed by atoms with Gasteiger partial charge in [-0.05, 0) is 6.92 Å². The molecular formula is C12H14F3N3O4S. The molecule has 1 N–H and O–H groups in total. The normalized spacial score (nSPS) is 18.9. The van der Waals surface area contributed by atoms with Crippen LogP contribution in [-0.4, -0.2) is 59.8 Å². The Morgan fingerprint density at radius 3 is 2.52 bits per heavy atom. The second-order valence-corrected chi connectivity index (χ2v) is 5.91. The fraction of sp³-hybridized carbons (Fsp3) is 0.583. The van der Waals surface area contributed by atoms with Crippen molar-refractivity contribution in [2.75, 3.05) is 31.6 Å². The first-order chi connectivity index (χ1) is 10.6. The van der Waals surface area contributed by atoms with Crippen LogP contribution in [-0.2, 0) is 10.9 Å². The molecule has 1 amide bonds. The summed E-state index contributed by atoms with van der Waals surface area (Å²) in [5.74, 6) is -0.958. The van der Waals surface area contributed by atoms with Crippen molar-refractivity contribution in [2.24, 2.45) is 0 Å². The van der Waals surface area contributed by atoms with Gasteiger partial charge in [0, 0.05) is 25.7 Å². The number of ether oxygens (including phenoxy) is 1. The standard InChI is InChI=1S/C12H14F3N3O4S/c1-6-5-17(3-4-18(6)11(20)21)8-7(9(19)22-2)16-10(23-8)12(13,14)15/h6H,3-5H2,1-2H3,(H,20,21)/t6-/m1/s1. The number of carboxylic acid groups (broad SMARTS) is 1. The molecule has 1 aliphatic rings. The predicted molar refractivity (Wildman–Crippen MR) is 74.9 cm³/mol. The number of alkyl halides is 3. The molecular weight excluding hydrogens is 339 g/mol. The highest BCUT2D eigenvalue weighted by Gasteiger charge is 2.39. The van der Waals surface area contributed by atoms with Crippen LogP contribution in [0.15, 0.2) is 0 Å². The SMILES string of the molecule is COC(=O)c1nc(C(F)(F)F)sc1N1CCN(C(=O)O)[C@H](C)C1. The van der Waals surface area contributed by atoms with Gasteiger partial charge in [0.15, 0.2) is 5.69 Å². The molecule has 0 unspecified atom stereocenters. The molecule has 0 spiro atoms. The largest absolute Gasteiger partial charge is 0.465 e. The zero-order chi connectivity index (χ0) is 17.4. The van der Waals surface area contributed by atoms with Gasteiger partial charge in [-0.25, -0.2) is 14.6 Å². The Balaban J connectivity index is 2.33. The highest BCUT2D eigenvalue weighted by molar-refractivity contribution is 7.16. The lowest BCUT2D eigenvalue weighted by atomic mass is 10.2. The molecule has 23 heavy (non-hydrogen) atoms. The molecule has 0 aromatic carbocycles. The number of methoxy groups -OCH3 is 1. The molecule has 1 aromatic heterocycles. The van der Waals surface area contributed by atoms with Crippen LogP contribution in [0.1, 0.15) is 22.4 Å². The molecule has 128 valence electrons. The third-order valence-electron chi connectivity index (χ3n) is 3.39. The van der Waals surface area contributed by atoms with Gasteiger partial charge in [-0.15, -0.1) is 0 Å². The fourth-order valence-corrected chi connectivity index (χ4v) is 3.26. The van der Waals surface area contributed by atoms with Gasteiger partial charge >= 0.3 is 18.2 Å². The lowest BCUT2D eigenvalue weighted by Gasteiger charge is -2.38. The minimum Gasteiger partial charge on any atom is -0.465 e. The van der Waals surface area contributed by atoms with Crippen molar-refractivity contribution < 1.29 is 32.6 Å². The Morgan fingerprint density at radius 1 is 1.39 bits per heavy atom. The highest BCUT2D eigenvalue weighted by atomic mass is 32.1. The van der Waals surface area contributed by atoms with Gasteiger partial charge in [0.05, 0.1) is 7.11 Å². The Labute approximate surface area is 133 Å². The summed E-state index contributed by atoms with van der Waals surface area (Å²) in [5.41, 5.74) is -0.402. The monoisotopic (exact) mass is 353 g/mol. The van der Waals surface area contributed by atoms with Crippen LogP contribution in [0.2, 0.25) is 0 Å². The number of piperazine rings is 1. The average molecular weight is 353 g/mol. The summed E-state index contributed by atoms with van der Waals surface area (Å²) < 4.78 is 43.0. The van der Waals surface area contributed by atoms with Crippen molar-refractivity contribution in [1.29, 1.82) is 0 Å². The van der Waals surface area contributed by atoms with Crippen LogP contribution in [0.5, 0.6) is 0 Å². The molecule has 1 atom stereocenters. The van der Waals surface area contributed by atoms with Crippen molar-refractivity contribution in [2.45, 2.75) is 19.1 Å². The summed E-state index contributed by atoms with van der Waals surface area (Å²) in [5, 5.41) is 7.94. The van der Waals surface area contributed by atoms with Crippen molar-refractivity contribution in [1.82, 2.24) is 9.88 Å². The van der Waals surface area contributed by atoms with E-state index in [-0.39, 0.29) is 24.6 Å². The van der Waals surface area contributed by atoms with E-state index in [2.05, 4.69) is 9.72 Å². The van der Waals surface area contributed by atoms with E-state index in [0.29, 0.717) is 11.3 Å². The van der Waals surface area contributed by atoms with E-state index >= 15 is 0 Å². The molecule has 2 heterocycles. The molecule has 1 aliphatic heterocycles. The van der Waals surface area contributed by atoms with Gasteiger partial charge in [-0.2, -0.15) is 13.2 Å². The van der Waals surface area contributed by atoms with Crippen molar-refractivity contribution >= 4 is 28.4 Å². The third-order valence-corrected chi connectivity index (χ3v) is 4.55. The fourth-order valence-electron chi connectivity index (χ4n) is 2.30. The first kappa shape index (κ1) is 17.3. The molecule has 11 heteroatoms. The van der Waals surface area contributed by atoms with E-state index in [1.807, 2.05) is 0 Å². The summed E-state index contributed by atoms with van der Waals surface area (Å²) in [6.07, 6.45) is -5.76. The smallest absolute Gasteiger partial charge is 0.443 e. The second-order valence-electron chi connectivity index (χ2n) is 4.93. The van der Waals surface area contributed by atoms with E-state index in [9.17, 15) is 22.8 Å². The number of anilines is 1. The number of thiazole rings is 1. The molecule has 1 aromatic rings. The first-order valence-corrected chi connectivity index (χ1v) is 7.37. The zero-order valence-corrected chi connectivity index (χ0v) is 13.1. The Kier molecular flexibility index (Phi) is 4.68. The lowest BCUT2D eigenvalue weighted by molar-refractivity contribution is -0.137. The van der Waals surface area contributed by atoms with E-state index in [1.165, 1.54) is 9.80 Å². The van der Waals surface area contributed by atoms with Gasteiger partial charge in [-0.3, -0.25) is 0 Å². The van der Waals surface area contributed by atoms with Gasteiger partial charge in [0.1, 0.15) is 5.00 Å². The van der Waals surface area contributed by atoms with E-state index in [0.717, 1.165) is 7.11 Å². The summed E-state index contributed by atoms with van der Waals surface area (Å²) in [6.45, 7) is 2.09. The highest BCUT2D eigenvalue weighted by Crippen LogP contribution is 2.39. The predicted octanol–water partition coefficient (Wildman–Crippen LogP) is 2.14. The lowest BCUT2D eigenvalue weighted by Crippen LogP contribution is -2.53. The summed E-state index contributed by atoms with van der Waals surface area (Å²) >= 11 is 0.351. The Hall–Kier alpha value is -2.04. The summed E-state index contributed by atoms with van der Waals surface area (Å²) in [6, 6.07) is -0.428. The maximum atomic E-state index is 12.9. The maximum Gasteiger partial charge on any atom is 0.443 e. The molecule has 1 fully saturated rings. The number of amides is 1. The van der Waals surface area contributed by atoms with Gasteiger partial charge in [-0.1, -0.05) is 11.3 Å². The number of aromatic nitrogens is 1. The maximum absolute atomic E-state index is 12.9. The van der Waals surface area contributed by atoms with Crippen LogP contribution in [0.3, 0.4) is 0 Å². The molecule has 0 saturated carbocycles. The number of esters is 1. The van der Waals surface area contributed by atoms with Crippen molar-refractivity contribution in [3.63, 3.8) is 0 Å². The van der Waals surface area contributed by atoms with E-state index < -0.39 is 35.0 Å². The van der Waals surface area contributed by atoms with Gasteiger partial charge in [0.25, 0.3) is 0 Å². The van der Waals surface area contributed by atoms with Crippen molar-refractivity contribution in [3.05, 3.63) is 10.7 Å². The third kappa shape index (κ3) is 3.49. The number of rotatable bonds is 2. The van der Waals surface area contributed by atoms with Crippen LogP contribution in [0.25, 0.3) is 0 Å². The molecule has 2 rings (SSSR count). The number of carbonyl (C=O) groups excluding carboxylic acids is 1. The molecule has 0 bridgehead atoms. The van der Waals surface area contributed by atoms with Crippen LogP contribution >= 0.6 is 11.3 Å². The summed E-state index contributed by atoms with van der Waals surface area (Å²) in [7, 11) is 1.06. The number of hydrogen-bond donors (Lipinski definition) is 1. The topological polar surface area (TPSA) is 83.0 Å². The van der Waals surface area contributed by atoms with Gasteiger partial charge < -0.3 is 19.6 Å². The number of nitrogens with zero attached hydrogens (tertiary/aromatic N) is 3. The Bertz CT molecular complexity index is 619. The van der Waals surface area contributed by atoms with E-state index in [4.69, 9.17) is 5.11 Å². The van der Waals surface area contributed by atoms with Crippen molar-refractivity contribution in [3.8, 4) is 0 Å². The minimum atomic E-state index is -4.67. The second kappa shape index (κ2) is 6.22. The van der Waals surface area contributed by atoms with Crippen LogP contribution in [0, 0.1) is 0 Å². The average Bonchev–Trinajstić information content (AvgIpc) is 2.91. The molecule has 0 aliphatic carbocycles. The Morgan fingerprint density at radius 2 is 2.04 bits per heavy atom. The first-order valence-electron chi connectivity index (χ1n) is 6.56. The van der Waals surface area contributed by atoms with E-state index in [1.54, 1.807) is 6.92 Å².